The first-order chi connectivity index (χ1) is 8.25. The first-order valence-corrected chi connectivity index (χ1v) is 6.24. The molecule has 1 aromatic rings. The lowest BCUT2D eigenvalue weighted by Crippen LogP contribution is -2.26. The maximum Gasteiger partial charge on any atom is 0.126 e. The number of rotatable bonds is 4. The minimum atomic E-state index is -0.399. The average molecular weight is 236 g/mol. The van der Waals surface area contributed by atoms with E-state index in [0.717, 1.165) is 25.0 Å². The number of ether oxygens (including phenoxy) is 1. The highest BCUT2D eigenvalue weighted by Crippen LogP contribution is 2.19. The molecular formula is C13H20N2O2. The Labute approximate surface area is 102 Å². The van der Waals surface area contributed by atoms with Gasteiger partial charge < -0.3 is 15.6 Å². The SMILES string of the molecule is Nc1ncccc1CC(O)CC1CCCCO1. The number of nitrogens with zero attached hydrogens (tertiary/aromatic N) is 1. The summed E-state index contributed by atoms with van der Waals surface area (Å²) in [5.74, 6) is 0.510. The van der Waals surface area contributed by atoms with E-state index < -0.39 is 6.10 Å². The third kappa shape index (κ3) is 3.68. The average Bonchev–Trinajstić information content (AvgIpc) is 2.33. The molecule has 1 saturated heterocycles. The Bertz CT molecular complexity index is 351. The van der Waals surface area contributed by atoms with Gasteiger partial charge in [-0.3, -0.25) is 0 Å². The Morgan fingerprint density at radius 1 is 1.53 bits per heavy atom. The molecule has 1 fully saturated rings. The predicted octanol–water partition coefficient (Wildman–Crippen LogP) is 1.53. The molecule has 2 rings (SSSR count). The van der Waals surface area contributed by atoms with Crippen LogP contribution >= 0.6 is 0 Å². The highest BCUT2D eigenvalue weighted by atomic mass is 16.5. The van der Waals surface area contributed by atoms with Gasteiger partial charge >= 0.3 is 0 Å². The number of aliphatic hydroxyl groups excluding tert-OH is 1. The zero-order valence-electron chi connectivity index (χ0n) is 10.0. The fourth-order valence-electron chi connectivity index (χ4n) is 2.26. The van der Waals surface area contributed by atoms with Crippen molar-refractivity contribution in [3.63, 3.8) is 0 Å². The van der Waals surface area contributed by atoms with Gasteiger partial charge in [-0.05, 0) is 37.3 Å². The number of aliphatic hydroxyl groups is 1. The van der Waals surface area contributed by atoms with Crippen molar-refractivity contribution in [3.8, 4) is 0 Å². The van der Waals surface area contributed by atoms with Crippen molar-refractivity contribution >= 4 is 5.82 Å². The van der Waals surface area contributed by atoms with Gasteiger partial charge in [0.05, 0.1) is 12.2 Å². The van der Waals surface area contributed by atoms with Crippen molar-refractivity contribution in [2.45, 2.75) is 44.3 Å². The standard InChI is InChI=1S/C13H20N2O2/c14-13-10(4-3-6-15-13)8-11(16)9-12-5-1-2-7-17-12/h3-4,6,11-12,16H,1-2,5,7-9H2,(H2,14,15). The van der Waals surface area contributed by atoms with E-state index in [1.807, 2.05) is 12.1 Å². The zero-order chi connectivity index (χ0) is 12.1. The van der Waals surface area contributed by atoms with Gasteiger partial charge in [0.15, 0.2) is 0 Å². The van der Waals surface area contributed by atoms with E-state index in [1.54, 1.807) is 6.20 Å². The first-order valence-electron chi connectivity index (χ1n) is 6.24. The van der Waals surface area contributed by atoms with Crippen molar-refractivity contribution in [1.29, 1.82) is 0 Å². The van der Waals surface area contributed by atoms with Crippen LogP contribution in [0.4, 0.5) is 5.82 Å². The fraction of sp³-hybridized carbons (Fsp3) is 0.615. The van der Waals surface area contributed by atoms with Crippen LogP contribution in [0.15, 0.2) is 18.3 Å². The van der Waals surface area contributed by atoms with Crippen molar-refractivity contribution in [3.05, 3.63) is 23.9 Å². The molecule has 1 aliphatic rings. The van der Waals surface area contributed by atoms with Gasteiger partial charge in [-0.2, -0.15) is 0 Å². The summed E-state index contributed by atoms with van der Waals surface area (Å²) in [5, 5.41) is 10.0. The molecule has 0 bridgehead atoms. The van der Waals surface area contributed by atoms with Crippen LogP contribution in [0, 0.1) is 0 Å². The first kappa shape index (κ1) is 12.3. The van der Waals surface area contributed by atoms with Crippen LogP contribution in [0.25, 0.3) is 0 Å². The summed E-state index contributed by atoms with van der Waals surface area (Å²) in [6.45, 7) is 0.826. The summed E-state index contributed by atoms with van der Waals surface area (Å²) in [5.41, 5.74) is 6.66. The molecule has 0 saturated carbocycles. The van der Waals surface area contributed by atoms with Gasteiger partial charge in [-0.25, -0.2) is 4.98 Å². The minimum absolute atomic E-state index is 0.205. The van der Waals surface area contributed by atoms with E-state index in [2.05, 4.69) is 4.98 Å². The van der Waals surface area contributed by atoms with Crippen molar-refractivity contribution < 1.29 is 9.84 Å². The van der Waals surface area contributed by atoms with E-state index in [1.165, 1.54) is 6.42 Å². The highest BCUT2D eigenvalue weighted by molar-refractivity contribution is 5.38. The number of pyridine rings is 1. The van der Waals surface area contributed by atoms with Crippen LogP contribution in [0.1, 0.15) is 31.2 Å². The smallest absolute Gasteiger partial charge is 0.126 e. The Balaban J connectivity index is 1.84. The third-order valence-corrected chi connectivity index (χ3v) is 3.19. The van der Waals surface area contributed by atoms with Gasteiger partial charge in [0.1, 0.15) is 5.82 Å². The van der Waals surface area contributed by atoms with E-state index in [0.29, 0.717) is 18.7 Å². The number of nitrogen functional groups attached to an aromatic ring is 1. The summed E-state index contributed by atoms with van der Waals surface area (Å²) < 4.78 is 5.61. The van der Waals surface area contributed by atoms with Gasteiger partial charge in [0.25, 0.3) is 0 Å². The monoisotopic (exact) mass is 236 g/mol. The van der Waals surface area contributed by atoms with Crippen LogP contribution < -0.4 is 5.73 Å². The lowest BCUT2D eigenvalue weighted by Gasteiger charge is -2.24. The normalized spacial score (nSPS) is 22.3. The van der Waals surface area contributed by atoms with E-state index in [4.69, 9.17) is 10.5 Å². The lowest BCUT2D eigenvalue weighted by atomic mass is 9.99. The highest BCUT2D eigenvalue weighted by Gasteiger charge is 2.18. The molecule has 1 aliphatic heterocycles. The Morgan fingerprint density at radius 3 is 3.12 bits per heavy atom. The van der Waals surface area contributed by atoms with Crippen molar-refractivity contribution in [1.82, 2.24) is 4.98 Å². The second-order valence-electron chi connectivity index (χ2n) is 4.63. The molecule has 0 radical (unpaired) electrons. The molecule has 3 N–H and O–H groups in total. The molecule has 17 heavy (non-hydrogen) atoms. The van der Waals surface area contributed by atoms with Gasteiger partial charge in [0, 0.05) is 19.2 Å². The second-order valence-corrected chi connectivity index (χ2v) is 4.63. The maximum absolute atomic E-state index is 10.0. The summed E-state index contributed by atoms with van der Waals surface area (Å²) in [6, 6.07) is 3.75. The molecule has 2 atom stereocenters. The molecule has 0 aliphatic carbocycles. The molecule has 0 amide bonds. The van der Waals surface area contributed by atoms with Crippen LogP contribution in [-0.4, -0.2) is 28.9 Å². The Hall–Kier alpha value is -1.13. The van der Waals surface area contributed by atoms with Crippen molar-refractivity contribution in [2.24, 2.45) is 0 Å². The van der Waals surface area contributed by atoms with E-state index >= 15 is 0 Å². The van der Waals surface area contributed by atoms with Crippen LogP contribution in [0.2, 0.25) is 0 Å². The Morgan fingerprint density at radius 2 is 2.41 bits per heavy atom. The largest absolute Gasteiger partial charge is 0.393 e. The molecule has 2 unspecified atom stereocenters. The number of hydrogen-bond acceptors (Lipinski definition) is 4. The summed E-state index contributed by atoms with van der Waals surface area (Å²) in [6.07, 6.45) is 6.11. The summed E-state index contributed by atoms with van der Waals surface area (Å²) >= 11 is 0. The maximum atomic E-state index is 10.0. The minimum Gasteiger partial charge on any atom is -0.393 e. The summed E-state index contributed by atoms with van der Waals surface area (Å²) in [7, 11) is 0. The zero-order valence-corrected chi connectivity index (χ0v) is 10.0. The van der Waals surface area contributed by atoms with Gasteiger partial charge in [-0.15, -0.1) is 0 Å². The molecule has 94 valence electrons. The molecule has 4 nitrogen and oxygen atoms in total. The number of anilines is 1. The summed E-state index contributed by atoms with van der Waals surface area (Å²) in [4.78, 5) is 4.01. The fourth-order valence-corrected chi connectivity index (χ4v) is 2.26. The van der Waals surface area contributed by atoms with Crippen LogP contribution in [-0.2, 0) is 11.2 Å². The van der Waals surface area contributed by atoms with Crippen LogP contribution in [0.5, 0.6) is 0 Å². The molecular weight excluding hydrogens is 216 g/mol. The number of nitrogens with two attached hydrogens (primary N) is 1. The Kier molecular flexibility index (Phi) is 4.34. The molecule has 0 aromatic carbocycles. The van der Waals surface area contributed by atoms with Gasteiger partial charge in [-0.1, -0.05) is 6.07 Å². The predicted molar refractivity (Wildman–Crippen MR) is 66.6 cm³/mol. The number of aromatic nitrogens is 1. The third-order valence-electron chi connectivity index (χ3n) is 3.19. The molecule has 0 spiro atoms. The topological polar surface area (TPSA) is 68.4 Å². The second kappa shape index (κ2) is 5.98. The molecule has 4 heteroatoms. The van der Waals surface area contributed by atoms with Crippen molar-refractivity contribution in [2.75, 3.05) is 12.3 Å². The van der Waals surface area contributed by atoms with Crippen LogP contribution in [0.3, 0.4) is 0 Å². The number of hydrogen-bond donors (Lipinski definition) is 2. The molecule has 2 heterocycles. The molecule has 1 aromatic heterocycles. The van der Waals surface area contributed by atoms with Gasteiger partial charge in [0.2, 0.25) is 0 Å². The van der Waals surface area contributed by atoms with E-state index in [-0.39, 0.29) is 6.10 Å². The quantitative estimate of drug-likeness (QED) is 0.831. The van der Waals surface area contributed by atoms with E-state index in [9.17, 15) is 5.11 Å². The lowest BCUT2D eigenvalue weighted by molar-refractivity contribution is -0.0147.